The largest absolute Gasteiger partial charge is 0.362 e. The molecule has 0 amide bonds. The van der Waals surface area contributed by atoms with Gasteiger partial charge in [0.05, 0.1) is 11.2 Å². The Kier molecular flexibility index (Phi) is 4.10. The smallest absolute Gasteiger partial charge is 0.112 e. The van der Waals surface area contributed by atoms with Crippen LogP contribution < -0.4 is 4.90 Å². The molecule has 0 unspecified atom stereocenters. The summed E-state index contributed by atoms with van der Waals surface area (Å²) >= 11 is 3.41. The number of rotatable bonds is 5. The van der Waals surface area contributed by atoms with E-state index in [1.165, 1.54) is 0 Å². The van der Waals surface area contributed by atoms with Gasteiger partial charge in [-0.15, -0.1) is 13.2 Å². The fourth-order valence-corrected chi connectivity index (χ4v) is 2.15. The molecular weight excluding hydrogens is 290 g/mol. The number of halogens is 1. The van der Waals surface area contributed by atoms with E-state index in [0.29, 0.717) is 0 Å². The van der Waals surface area contributed by atoms with Gasteiger partial charge >= 0.3 is 0 Å². The molecule has 0 aliphatic heterocycles. The number of anilines is 1. The van der Waals surface area contributed by atoms with Gasteiger partial charge in [0.2, 0.25) is 0 Å². The number of hydrogen-bond donors (Lipinski definition) is 0. The number of aromatic nitrogens is 2. The minimum Gasteiger partial charge on any atom is -0.362 e. The van der Waals surface area contributed by atoms with Gasteiger partial charge in [0.25, 0.3) is 0 Å². The van der Waals surface area contributed by atoms with Crippen molar-refractivity contribution in [3.8, 4) is 0 Å². The average Bonchev–Trinajstić information content (AvgIpc) is 2.37. The highest BCUT2D eigenvalue weighted by Gasteiger charge is 2.09. The van der Waals surface area contributed by atoms with Gasteiger partial charge in [0.1, 0.15) is 5.52 Å². The highest BCUT2D eigenvalue weighted by atomic mass is 79.9. The molecule has 0 N–H and O–H groups in total. The molecule has 0 aliphatic rings. The average molecular weight is 304 g/mol. The van der Waals surface area contributed by atoms with E-state index in [-0.39, 0.29) is 0 Å². The van der Waals surface area contributed by atoms with Gasteiger partial charge in [-0.3, -0.25) is 9.97 Å². The van der Waals surface area contributed by atoms with Crippen LogP contribution in [0.2, 0.25) is 0 Å². The molecule has 0 bridgehead atoms. The molecule has 18 heavy (non-hydrogen) atoms. The lowest BCUT2D eigenvalue weighted by atomic mass is 10.2. The third kappa shape index (κ3) is 2.59. The maximum Gasteiger partial charge on any atom is 0.112 e. The van der Waals surface area contributed by atoms with E-state index >= 15 is 0 Å². The van der Waals surface area contributed by atoms with Gasteiger partial charge in [-0.2, -0.15) is 0 Å². The van der Waals surface area contributed by atoms with Crippen molar-refractivity contribution in [1.29, 1.82) is 0 Å². The number of pyridine rings is 2. The standard InChI is InChI=1S/C14H14BrN3/c1-3-7-18(8-4-2)13-5-6-16-12-9-11(15)10-17-14(12)13/h3-6,9-10H,1-2,7-8H2. The van der Waals surface area contributed by atoms with Crippen molar-refractivity contribution in [2.24, 2.45) is 0 Å². The Bertz CT molecular complexity index is 570. The first-order valence-corrected chi connectivity index (χ1v) is 6.42. The minimum atomic E-state index is 0.753. The van der Waals surface area contributed by atoms with Crippen LogP contribution in [0.1, 0.15) is 0 Å². The van der Waals surface area contributed by atoms with Crippen molar-refractivity contribution in [3.63, 3.8) is 0 Å². The van der Waals surface area contributed by atoms with E-state index in [1.807, 2.05) is 24.3 Å². The third-order valence-electron chi connectivity index (χ3n) is 2.56. The summed E-state index contributed by atoms with van der Waals surface area (Å²) in [5, 5.41) is 0. The fraction of sp³-hybridized carbons (Fsp3) is 0.143. The van der Waals surface area contributed by atoms with E-state index < -0.39 is 0 Å². The van der Waals surface area contributed by atoms with Gasteiger partial charge in [-0.1, -0.05) is 12.2 Å². The molecular formula is C14H14BrN3. The highest BCUT2D eigenvalue weighted by molar-refractivity contribution is 9.10. The number of fused-ring (bicyclic) bond motifs is 1. The zero-order valence-corrected chi connectivity index (χ0v) is 11.6. The summed E-state index contributed by atoms with van der Waals surface area (Å²) in [7, 11) is 0. The van der Waals surface area contributed by atoms with E-state index in [2.05, 4.69) is 44.0 Å². The SMILES string of the molecule is C=CCN(CC=C)c1ccnc2cc(Br)cnc12. The molecule has 2 rings (SSSR count). The Morgan fingerprint density at radius 2 is 1.94 bits per heavy atom. The van der Waals surface area contributed by atoms with Crippen LogP contribution in [0.25, 0.3) is 11.0 Å². The van der Waals surface area contributed by atoms with E-state index in [0.717, 1.165) is 34.3 Å². The van der Waals surface area contributed by atoms with Crippen LogP contribution in [-0.2, 0) is 0 Å². The molecule has 0 spiro atoms. The van der Waals surface area contributed by atoms with Crippen molar-refractivity contribution in [1.82, 2.24) is 9.97 Å². The number of nitrogens with zero attached hydrogens (tertiary/aromatic N) is 3. The molecule has 2 heterocycles. The molecule has 0 aromatic carbocycles. The zero-order chi connectivity index (χ0) is 13.0. The number of hydrogen-bond acceptors (Lipinski definition) is 3. The van der Waals surface area contributed by atoms with Gasteiger partial charge < -0.3 is 4.90 Å². The van der Waals surface area contributed by atoms with Crippen molar-refractivity contribution >= 4 is 32.7 Å². The molecule has 0 radical (unpaired) electrons. The van der Waals surface area contributed by atoms with E-state index in [4.69, 9.17) is 0 Å². The topological polar surface area (TPSA) is 29.0 Å². The first-order chi connectivity index (χ1) is 8.76. The Labute approximate surface area is 115 Å². The molecule has 0 atom stereocenters. The first-order valence-electron chi connectivity index (χ1n) is 5.63. The van der Waals surface area contributed by atoms with E-state index in [1.54, 1.807) is 12.4 Å². The molecule has 4 heteroatoms. The Morgan fingerprint density at radius 1 is 1.22 bits per heavy atom. The fourth-order valence-electron chi connectivity index (χ4n) is 1.83. The Hall–Kier alpha value is -1.68. The van der Waals surface area contributed by atoms with Crippen LogP contribution in [0.4, 0.5) is 5.69 Å². The van der Waals surface area contributed by atoms with Crippen molar-refractivity contribution in [3.05, 3.63) is 54.3 Å². The van der Waals surface area contributed by atoms with Crippen LogP contribution in [-0.4, -0.2) is 23.1 Å². The van der Waals surface area contributed by atoms with Gasteiger partial charge in [-0.05, 0) is 28.1 Å². The zero-order valence-electron chi connectivity index (χ0n) is 10.0. The van der Waals surface area contributed by atoms with Crippen LogP contribution in [0.15, 0.2) is 54.3 Å². The molecule has 92 valence electrons. The summed E-state index contributed by atoms with van der Waals surface area (Å²) in [6.45, 7) is 9.07. The molecule has 3 nitrogen and oxygen atoms in total. The second kappa shape index (κ2) is 5.78. The van der Waals surface area contributed by atoms with Gasteiger partial charge in [-0.25, -0.2) is 0 Å². The first kappa shape index (κ1) is 12.8. The molecule has 0 aliphatic carbocycles. The lowest BCUT2D eigenvalue weighted by Crippen LogP contribution is -2.23. The Balaban J connectivity index is 2.54. The summed E-state index contributed by atoms with van der Waals surface area (Å²) in [4.78, 5) is 10.9. The third-order valence-corrected chi connectivity index (χ3v) is 3.00. The van der Waals surface area contributed by atoms with Crippen molar-refractivity contribution < 1.29 is 0 Å². The monoisotopic (exact) mass is 303 g/mol. The van der Waals surface area contributed by atoms with Crippen molar-refractivity contribution in [2.45, 2.75) is 0 Å². The quantitative estimate of drug-likeness (QED) is 0.791. The summed E-state index contributed by atoms with van der Waals surface area (Å²) in [5.41, 5.74) is 2.82. The normalized spacial score (nSPS) is 10.3. The maximum atomic E-state index is 4.45. The minimum absolute atomic E-state index is 0.753. The Morgan fingerprint density at radius 3 is 2.61 bits per heavy atom. The second-order valence-corrected chi connectivity index (χ2v) is 4.75. The van der Waals surface area contributed by atoms with Crippen LogP contribution in [0, 0.1) is 0 Å². The van der Waals surface area contributed by atoms with Gasteiger partial charge in [0.15, 0.2) is 0 Å². The van der Waals surface area contributed by atoms with Crippen molar-refractivity contribution in [2.75, 3.05) is 18.0 Å². The summed E-state index contributed by atoms with van der Waals surface area (Å²) < 4.78 is 0.929. The molecule has 0 saturated heterocycles. The summed E-state index contributed by atoms with van der Waals surface area (Å²) in [5.74, 6) is 0. The molecule has 0 saturated carbocycles. The molecule has 2 aromatic rings. The molecule has 2 aromatic heterocycles. The van der Waals surface area contributed by atoms with E-state index in [9.17, 15) is 0 Å². The van der Waals surface area contributed by atoms with Crippen LogP contribution in [0.5, 0.6) is 0 Å². The predicted octanol–water partition coefficient (Wildman–Crippen LogP) is 3.57. The second-order valence-electron chi connectivity index (χ2n) is 3.83. The molecule has 0 fully saturated rings. The summed E-state index contributed by atoms with van der Waals surface area (Å²) in [6.07, 6.45) is 7.32. The van der Waals surface area contributed by atoms with Crippen LogP contribution >= 0.6 is 15.9 Å². The lowest BCUT2D eigenvalue weighted by Gasteiger charge is -2.22. The highest BCUT2D eigenvalue weighted by Crippen LogP contribution is 2.25. The van der Waals surface area contributed by atoms with Crippen LogP contribution in [0.3, 0.4) is 0 Å². The van der Waals surface area contributed by atoms with Gasteiger partial charge in [0, 0.05) is 30.0 Å². The maximum absolute atomic E-state index is 4.45. The lowest BCUT2D eigenvalue weighted by molar-refractivity contribution is 0.958. The predicted molar refractivity (Wildman–Crippen MR) is 79.8 cm³/mol. The summed E-state index contributed by atoms with van der Waals surface area (Å²) in [6, 6.07) is 3.93.